The number of aryl methyl sites for hydroxylation is 1. The second-order valence-electron chi connectivity index (χ2n) is 5.24. The molecule has 1 saturated heterocycles. The van der Waals surface area contributed by atoms with E-state index in [9.17, 15) is 4.79 Å². The number of hydrogen-bond acceptors (Lipinski definition) is 1. The molecule has 1 aromatic rings. The predicted octanol–water partition coefficient (Wildman–Crippen LogP) is 3.01. The Labute approximate surface area is 114 Å². The van der Waals surface area contributed by atoms with Gasteiger partial charge in [-0.05, 0) is 24.8 Å². The topological polar surface area (TPSA) is 20.3 Å². The van der Waals surface area contributed by atoms with Gasteiger partial charge in [0.1, 0.15) is 0 Å². The van der Waals surface area contributed by atoms with E-state index in [1.165, 1.54) is 5.56 Å². The third-order valence-corrected chi connectivity index (χ3v) is 4.15. The van der Waals surface area contributed by atoms with Crippen LogP contribution in [-0.4, -0.2) is 29.3 Å². The minimum Gasteiger partial charge on any atom is -0.338 e. The molecule has 0 N–H and O–H groups in total. The lowest BCUT2D eigenvalue weighted by atomic mass is 10.0. The van der Waals surface area contributed by atoms with Crippen molar-refractivity contribution >= 4 is 17.5 Å². The highest BCUT2D eigenvalue weighted by molar-refractivity contribution is 6.18. The van der Waals surface area contributed by atoms with Gasteiger partial charge >= 0.3 is 0 Å². The number of likely N-dealkylation sites (tertiary alicyclic amines) is 1. The first-order valence-electron chi connectivity index (χ1n) is 6.53. The number of benzene rings is 1. The van der Waals surface area contributed by atoms with Gasteiger partial charge in [-0.15, -0.1) is 11.6 Å². The van der Waals surface area contributed by atoms with E-state index in [4.69, 9.17) is 11.6 Å². The van der Waals surface area contributed by atoms with E-state index < -0.39 is 0 Å². The lowest BCUT2D eigenvalue weighted by Crippen LogP contribution is -2.39. The molecule has 1 aromatic carbocycles. The average Bonchev–Trinajstić information content (AvgIpc) is 2.73. The van der Waals surface area contributed by atoms with E-state index in [0.29, 0.717) is 18.2 Å². The fraction of sp³-hybridized carbons (Fsp3) is 0.533. The molecular formula is C15H20ClNO. The van der Waals surface area contributed by atoms with Gasteiger partial charge in [-0.1, -0.05) is 36.8 Å². The van der Waals surface area contributed by atoms with Crippen LogP contribution < -0.4 is 0 Å². The van der Waals surface area contributed by atoms with E-state index in [-0.39, 0.29) is 11.9 Å². The van der Waals surface area contributed by atoms with Crippen LogP contribution in [0.25, 0.3) is 0 Å². The van der Waals surface area contributed by atoms with Crippen LogP contribution in [0.5, 0.6) is 0 Å². The van der Waals surface area contributed by atoms with E-state index >= 15 is 0 Å². The maximum Gasteiger partial charge on any atom is 0.227 e. The molecule has 2 rings (SSSR count). The number of carbonyl (C=O) groups is 1. The maximum absolute atomic E-state index is 12.3. The molecule has 0 saturated carbocycles. The third-order valence-electron chi connectivity index (χ3n) is 3.84. The van der Waals surface area contributed by atoms with Crippen molar-refractivity contribution in [2.75, 3.05) is 12.4 Å². The minimum absolute atomic E-state index is 0.203. The van der Waals surface area contributed by atoms with Crippen LogP contribution in [0.1, 0.15) is 24.5 Å². The number of rotatable bonds is 3. The van der Waals surface area contributed by atoms with Gasteiger partial charge in [0.2, 0.25) is 5.91 Å². The smallest absolute Gasteiger partial charge is 0.227 e. The average molecular weight is 266 g/mol. The normalized spacial score (nSPS) is 23.4. The highest BCUT2D eigenvalue weighted by Gasteiger charge is 2.33. The number of carbonyl (C=O) groups excluding carboxylic acids is 1. The quantitative estimate of drug-likeness (QED) is 0.770. The number of halogens is 1. The second-order valence-corrected chi connectivity index (χ2v) is 5.55. The first-order valence-corrected chi connectivity index (χ1v) is 7.06. The Hall–Kier alpha value is -1.02. The first kappa shape index (κ1) is 13.4. The largest absolute Gasteiger partial charge is 0.338 e. The number of nitrogens with zero attached hydrogens (tertiary/aromatic N) is 1. The zero-order chi connectivity index (χ0) is 13.1. The zero-order valence-corrected chi connectivity index (χ0v) is 11.8. The van der Waals surface area contributed by atoms with Crippen molar-refractivity contribution < 1.29 is 4.79 Å². The maximum atomic E-state index is 12.3. The number of hydrogen-bond donors (Lipinski definition) is 0. The molecule has 1 fully saturated rings. The fourth-order valence-electron chi connectivity index (χ4n) is 2.54. The molecule has 0 bridgehead atoms. The first-order chi connectivity index (χ1) is 8.61. The van der Waals surface area contributed by atoms with E-state index in [1.807, 2.05) is 29.2 Å². The van der Waals surface area contributed by atoms with Crippen molar-refractivity contribution in [1.29, 1.82) is 0 Å². The van der Waals surface area contributed by atoms with Crippen LogP contribution in [-0.2, 0) is 11.2 Å². The molecule has 1 aliphatic heterocycles. The van der Waals surface area contributed by atoms with Crippen LogP contribution in [0, 0.1) is 12.8 Å². The molecule has 0 spiro atoms. The molecule has 2 unspecified atom stereocenters. The summed E-state index contributed by atoms with van der Waals surface area (Å²) in [6, 6.07) is 8.37. The molecule has 0 aliphatic carbocycles. The molecule has 1 heterocycles. The summed E-state index contributed by atoms with van der Waals surface area (Å²) in [5, 5.41) is 0. The Morgan fingerprint density at radius 3 is 2.67 bits per heavy atom. The molecule has 3 heteroatoms. The molecule has 0 radical (unpaired) electrons. The lowest BCUT2D eigenvalue weighted by molar-refractivity contribution is -0.131. The van der Waals surface area contributed by atoms with Gasteiger partial charge in [0, 0.05) is 18.5 Å². The summed E-state index contributed by atoms with van der Waals surface area (Å²) in [7, 11) is 0. The summed E-state index contributed by atoms with van der Waals surface area (Å²) in [6.45, 7) is 5.08. The summed E-state index contributed by atoms with van der Waals surface area (Å²) < 4.78 is 0. The van der Waals surface area contributed by atoms with Crippen molar-refractivity contribution in [2.45, 2.75) is 32.7 Å². The van der Waals surface area contributed by atoms with Gasteiger partial charge in [0.05, 0.1) is 6.42 Å². The molecule has 1 amide bonds. The van der Waals surface area contributed by atoms with Gasteiger partial charge in [-0.2, -0.15) is 0 Å². The summed E-state index contributed by atoms with van der Waals surface area (Å²) in [5.41, 5.74) is 2.30. The van der Waals surface area contributed by atoms with Crippen molar-refractivity contribution in [3.63, 3.8) is 0 Å². The summed E-state index contributed by atoms with van der Waals surface area (Å²) in [6.07, 6.45) is 1.55. The molecule has 2 nitrogen and oxygen atoms in total. The van der Waals surface area contributed by atoms with Gasteiger partial charge < -0.3 is 4.90 Å². The Morgan fingerprint density at radius 2 is 2.06 bits per heavy atom. The van der Waals surface area contributed by atoms with Crippen LogP contribution in [0.4, 0.5) is 0 Å². The van der Waals surface area contributed by atoms with Crippen molar-refractivity contribution in [2.24, 2.45) is 5.92 Å². The molecule has 0 aromatic heterocycles. The Bertz CT molecular complexity index is 415. The van der Waals surface area contributed by atoms with Gasteiger partial charge in [0.15, 0.2) is 0 Å². The predicted molar refractivity (Wildman–Crippen MR) is 74.9 cm³/mol. The van der Waals surface area contributed by atoms with Crippen molar-refractivity contribution in [1.82, 2.24) is 4.90 Å². The van der Waals surface area contributed by atoms with Crippen LogP contribution in [0.2, 0.25) is 0 Å². The van der Waals surface area contributed by atoms with Crippen LogP contribution in [0.15, 0.2) is 24.3 Å². The lowest BCUT2D eigenvalue weighted by Gasteiger charge is -2.25. The molecular weight excluding hydrogens is 246 g/mol. The van der Waals surface area contributed by atoms with E-state index in [1.54, 1.807) is 0 Å². The monoisotopic (exact) mass is 265 g/mol. The highest BCUT2D eigenvalue weighted by atomic mass is 35.5. The number of alkyl halides is 1. The summed E-state index contributed by atoms with van der Waals surface area (Å²) in [4.78, 5) is 14.2. The number of amides is 1. The zero-order valence-electron chi connectivity index (χ0n) is 11.0. The highest BCUT2D eigenvalue weighted by Crippen LogP contribution is 2.25. The van der Waals surface area contributed by atoms with Gasteiger partial charge in [0.25, 0.3) is 0 Å². The van der Waals surface area contributed by atoms with Crippen molar-refractivity contribution in [3.8, 4) is 0 Å². The van der Waals surface area contributed by atoms with Crippen LogP contribution in [0.3, 0.4) is 0 Å². The molecule has 2 atom stereocenters. The van der Waals surface area contributed by atoms with Crippen LogP contribution >= 0.6 is 11.6 Å². The molecule has 98 valence electrons. The van der Waals surface area contributed by atoms with Gasteiger partial charge in [-0.3, -0.25) is 4.79 Å². The molecule has 18 heavy (non-hydrogen) atoms. The van der Waals surface area contributed by atoms with Crippen molar-refractivity contribution in [3.05, 3.63) is 35.4 Å². The minimum atomic E-state index is 0.203. The fourth-order valence-corrected chi connectivity index (χ4v) is 3.01. The van der Waals surface area contributed by atoms with Gasteiger partial charge in [-0.25, -0.2) is 0 Å². The van der Waals surface area contributed by atoms with E-state index in [2.05, 4.69) is 13.8 Å². The Kier molecular flexibility index (Phi) is 4.28. The summed E-state index contributed by atoms with van der Waals surface area (Å²) in [5.74, 6) is 1.26. The third kappa shape index (κ3) is 2.86. The summed E-state index contributed by atoms with van der Waals surface area (Å²) >= 11 is 5.97. The Morgan fingerprint density at radius 1 is 1.39 bits per heavy atom. The van der Waals surface area contributed by atoms with E-state index in [0.717, 1.165) is 18.5 Å². The molecule has 1 aliphatic rings. The second kappa shape index (κ2) is 5.75. The Balaban J connectivity index is 2.01. The SMILES string of the molecule is Cc1ccc(CC(=O)N2CCC(C)C2CCl)cc1. The standard InChI is InChI=1S/C15H20ClNO/c1-11-3-5-13(6-4-11)9-15(18)17-8-7-12(2)14(17)10-16/h3-6,12,14H,7-10H2,1-2H3.